The third-order valence-electron chi connectivity index (χ3n) is 4.58. The van der Waals surface area contributed by atoms with Crippen molar-refractivity contribution >= 4 is 40.8 Å². The van der Waals surface area contributed by atoms with Gasteiger partial charge in [0, 0.05) is 24.2 Å². The van der Waals surface area contributed by atoms with Crippen LogP contribution >= 0.6 is 23.2 Å². The Labute approximate surface area is 162 Å². The zero-order chi connectivity index (χ0) is 18.7. The van der Waals surface area contributed by atoms with Crippen molar-refractivity contribution in [2.24, 2.45) is 0 Å². The molecule has 0 bridgehead atoms. The highest BCUT2D eigenvalue weighted by Crippen LogP contribution is 2.29. The minimum absolute atomic E-state index is 0.0100. The van der Waals surface area contributed by atoms with Crippen LogP contribution in [0.3, 0.4) is 0 Å². The maximum atomic E-state index is 13.1. The number of carbonyl (C=O) groups is 2. The van der Waals surface area contributed by atoms with Crippen molar-refractivity contribution in [2.75, 3.05) is 11.4 Å². The Hall–Kier alpha value is -2.04. The SMILES string of the molecule is O=C(O)CCCN(C(=O)c1ccc(Cl)c(Cl)c1)c1ccc2c(c1)CCC2. The van der Waals surface area contributed by atoms with Crippen LogP contribution in [0.1, 0.15) is 40.7 Å². The molecule has 3 rings (SSSR count). The average molecular weight is 392 g/mol. The highest BCUT2D eigenvalue weighted by Gasteiger charge is 2.21. The Morgan fingerprint density at radius 2 is 1.77 bits per heavy atom. The number of halogens is 2. The molecule has 0 spiro atoms. The van der Waals surface area contributed by atoms with Gasteiger partial charge in [0.25, 0.3) is 5.91 Å². The van der Waals surface area contributed by atoms with Crippen molar-refractivity contribution in [1.82, 2.24) is 0 Å². The van der Waals surface area contributed by atoms with Gasteiger partial charge in [-0.15, -0.1) is 0 Å². The van der Waals surface area contributed by atoms with Crippen LogP contribution in [0.25, 0.3) is 0 Å². The van der Waals surface area contributed by atoms with Gasteiger partial charge in [-0.05, 0) is 67.1 Å². The van der Waals surface area contributed by atoms with Crippen molar-refractivity contribution in [1.29, 1.82) is 0 Å². The molecule has 0 saturated heterocycles. The fourth-order valence-electron chi connectivity index (χ4n) is 3.25. The molecule has 1 aliphatic carbocycles. The summed E-state index contributed by atoms with van der Waals surface area (Å²) in [5, 5.41) is 9.61. The van der Waals surface area contributed by atoms with E-state index in [2.05, 4.69) is 6.07 Å². The highest BCUT2D eigenvalue weighted by atomic mass is 35.5. The zero-order valence-corrected chi connectivity index (χ0v) is 15.7. The van der Waals surface area contributed by atoms with Gasteiger partial charge < -0.3 is 10.0 Å². The number of hydrogen-bond acceptors (Lipinski definition) is 2. The molecule has 0 aliphatic heterocycles. The molecular formula is C20H19Cl2NO3. The van der Waals surface area contributed by atoms with E-state index < -0.39 is 5.97 Å². The summed E-state index contributed by atoms with van der Waals surface area (Å²) in [4.78, 5) is 25.5. The van der Waals surface area contributed by atoms with Crippen LogP contribution in [-0.4, -0.2) is 23.5 Å². The monoisotopic (exact) mass is 391 g/mol. The molecule has 0 fully saturated rings. The number of aliphatic carboxylic acids is 1. The van der Waals surface area contributed by atoms with E-state index >= 15 is 0 Å². The van der Waals surface area contributed by atoms with Crippen LogP contribution in [0.15, 0.2) is 36.4 Å². The van der Waals surface area contributed by atoms with Gasteiger partial charge in [-0.25, -0.2) is 0 Å². The number of amides is 1. The molecule has 1 aliphatic rings. The first-order chi connectivity index (χ1) is 12.5. The van der Waals surface area contributed by atoms with Crippen LogP contribution in [0, 0.1) is 0 Å². The molecule has 4 nitrogen and oxygen atoms in total. The maximum Gasteiger partial charge on any atom is 0.303 e. The van der Waals surface area contributed by atoms with Crippen LogP contribution in [0.2, 0.25) is 10.0 Å². The maximum absolute atomic E-state index is 13.1. The number of anilines is 1. The van der Waals surface area contributed by atoms with E-state index in [-0.39, 0.29) is 12.3 Å². The number of nitrogens with zero attached hydrogens (tertiary/aromatic N) is 1. The Bertz CT molecular complexity index is 851. The normalized spacial score (nSPS) is 12.7. The van der Waals surface area contributed by atoms with Gasteiger partial charge in [0.2, 0.25) is 0 Å². The molecule has 26 heavy (non-hydrogen) atoms. The summed E-state index contributed by atoms with van der Waals surface area (Å²) < 4.78 is 0. The first kappa shape index (κ1) is 18.7. The summed E-state index contributed by atoms with van der Waals surface area (Å²) >= 11 is 12.0. The summed E-state index contributed by atoms with van der Waals surface area (Å²) in [6, 6.07) is 10.8. The van der Waals surface area contributed by atoms with Crippen LogP contribution in [-0.2, 0) is 17.6 Å². The fourth-order valence-corrected chi connectivity index (χ4v) is 3.55. The standard InChI is InChI=1S/C20H19Cl2NO3/c21-17-9-7-15(12-18(17)22)20(26)23(10-2-5-19(24)25)16-8-6-13-3-1-4-14(13)11-16/h6-9,11-12H,1-5,10H2,(H,24,25). The summed E-state index contributed by atoms with van der Waals surface area (Å²) in [5.41, 5.74) is 3.79. The molecule has 136 valence electrons. The largest absolute Gasteiger partial charge is 0.481 e. The van der Waals surface area contributed by atoms with Crippen molar-refractivity contribution < 1.29 is 14.7 Å². The van der Waals surface area contributed by atoms with Gasteiger partial charge in [0.15, 0.2) is 0 Å². The Kier molecular flexibility index (Phi) is 5.84. The van der Waals surface area contributed by atoms with Crippen molar-refractivity contribution in [3.05, 3.63) is 63.1 Å². The molecule has 2 aromatic carbocycles. The summed E-state index contributed by atoms with van der Waals surface area (Å²) in [5.74, 6) is -1.09. The Morgan fingerprint density at radius 1 is 1.00 bits per heavy atom. The lowest BCUT2D eigenvalue weighted by atomic mass is 10.1. The lowest BCUT2D eigenvalue weighted by molar-refractivity contribution is -0.137. The third-order valence-corrected chi connectivity index (χ3v) is 5.32. The van der Waals surface area contributed by atoms with E-state index in [0.29, 0.717) is 28.6 Å². The first-order valence-corrected chi connectivity index (χ1v) is 9.32. The van der Waals surface area contributed by atoms with Gasteiger partial charge in [-0.2, -0.15) is 0 Å². The molecule has 0 atom stereocenters. The Balaban J connectivity index is 1.90. The van der Waals surface area contributed by atoms with Crippen LogP contribution in [0.5, 0.6) is 0 Å². The van der Waals surface area contributed by atoms with Gasteiger partial charge in [0.05, 0.1) is 10.0 Å². The lowest BCUT2D eigenvalue weighted by Crippen LogP contribution is -2.32. The minimum Gasteiger partial charge on any atom is -0.481 e. The van der Waals surface area contributed by atoms with E-state index in [0.717, 1.165) is 24.9 Å². The molecule has 0 saturated carbocycles. The highest BCUT2D eigenvalue weighted by molar-refractivity contribution is 6.42. The van der Waals surface area contributed by atoms with Gasteiger partial charge in [-0.3, -0.25) is 9.59 Å². The number of hydrogen-bond donors (Lipinski definition) is 1. The number of fused-ring (bicyclic) bond motifs is 1. The number of carboxylic acids is 1. The summed E-state index contributed by atoms with van der Waals surface area (Å²) in [7, 11) is 0. The van der Waals surface area contributed by atoms with E-state index in [9.17, 15) is 9.59 Å². The van der Waals surface area contributed by atoms with Gasteiger partial charge in [-0.1, -0.05) is 29.3 Å². The van der Waals surface area contributed by atoms with E-state index in [1.807, 2.05) is 12.1 Å². The summed E-state index contributed by atoms with van der Waals surface area (Å²) in [6.07, 6.45) is 3.58. The number of benzene rings is 2. The van der Waals surface area contributed by atoms with E-state index in [1.165, 1.54) is 11.1 Å². The zero-order valence-electron chi connectivity index (χ0n) is 14.2. The van der Waals surface area contributed by atoms with Crippen molar-refractivity contribution in [2.45, 2.75) is 32.1 Å². The molecular weight excluding hydrogens is 373 g/mol. The molecule has 2 aromatic rings. The predicted octanol–water partition coefficient (Wildman–Crippen LogP) is 4.99. The molecule has 0 radical (unpaired) electrons. The lowest BCUT2D eigenvalue weighted by Gasteiger charge is -2.24. The van der Waals surface area contributed by atoms with Crippen molar-refractivity contribution in [3.63, 3.8) is 0 Å². The number of carboxylic acid groups (broad SMARTS) is 1. The predicted molar refractivity (Wildman–Crippen MR) is 103 cm³/mol. The second-order valence-corrected chi connectivity index (χ2v) is 7.20. The van der Waals surface area contributed by atoms with Crippen LogP contribution < -0.4 is 4.90 Å². The quantitative estimate of drug-likeness (QED) is 0.753. The average Bonchev–Trinajstić information content (AvgIpc) is 3.08. The molecule has 1 N–H and O–H groups in total. The second kappa shape index (κ2) is 8.11. The fraction of sp³-hybridized carbons (Fsp3) is 0.300. The topological polar surface area (TPSA) is 57.6 Å². The Morgan fingerprint density at radius 3 is 2.50 bits per heavy atom. The smallest absolute Gasteiger partial charge is 0.303 e. The van der Waals surface area contributed by atoms with Crippen LogP contribution in [0.4, 0.5) is 5.69 Å². The molecule has 6 heteroatoms. The van der Waals surface area contributed by atoms with Gasteiger partial charge in [0.1, 0.15) is 0 Å². The van der Waals surface area contributed by atoms with E-state index in [4.69, 9.17) is 28.3 Å². The summed E-state index contributed by atoms with van der Waals surface area (Å²) in [6.45, 7) is 0.324. The molecule has 1 amide bonds. The molecule has 0 unspecified atom stereocenters. The third kappa shape index (κ3) is 4.19. The number of carbonyl (C=O) groups excluding carboxylic acids is 1. The van der Waals surface area contributed by atoms with E-state index in [1.54, 1.807) is 23.1 Å². The molecule has 0 heterocycles. The first-order valence-electron chi connectivity index (χ1n) is 8.56. The van der Waals surface area contributed by atoms with Crippen molar-refractivity contribution in [3.8, 4) is 0 Å². The molecule has 0 aromatic heterocycles. The number of aryl methyl sites for hydroxylation is 2. The minimum atomic E-state index is -0.874. The second-order valence-electron chi connectivity index (χ2n) is 6.39. The number of rotatable bonds is 6. The van der Waals surface area contributed by atoms with Gasteiger partial charge >= 0.3 is 5.97 Å².